The zero-order valence-electron chi connectivity index (χ0n) is 17.6. The molecular weight excluding hydrogens is 461 g/mol. The Hall–Kier alpha value is -2.30. The van der Waals surface area contributed by atoms with Gasteiger partial charge in [0.2, 0.25) is 15.9 Å². The lowest BCUT2D eigenvalue weighted by molar-refractivity contribution is -0.137. The molecule has 0 radical (unpaired) electrons. The van der Waals surface area contributed by atoms with E-state index in [0.717, 1.165) is 17.5 Å². The highest BCUT2D eigenvalue weighted by Crippen LogP contribution is 2.30. The number of carbonyl (C=O) groups is 1. The topological polar surface area (TPSA) is 75.3 Å². The molecule has 10 heteroatoms. The molecule has 5 nitrogen and oxygen atoms in total. The molecule has 2 rings (SSSR count). The van der Waals surface area contributed by atoms with Gasteiger partial charge in [0.05, 0.1) is 11.6 Å². The van der Waals surface area contributed by atoms with Gasteiger partial charge in [0.1, 0.15) is 6.04 Å². The average Bonchev–Trinajstić information content (AvgIpc) is 2.75. The quantitative estimate of drug-likeness (QED) is 0.515. The van der Waals surface area contributed by atoms with Crippen LogP contribution in [0.5, 0.6) is 0 Å². The highest BCUT2D eigenvalue weighted by molar-refractivity contribution is 7.98. The van der Waals surface area contributed by atoms with Gasteiger partial charge in [-0.3, -0.25) is 4.79 Å². The molecule has 0 aromatic heterocycles. The summed E-state index contributed by atoms with van der Waals surface area (Å²) >= 11 is 1.45. The van der Waals surface area contributed by atoms with Gasteiger partial charge in [0.15, 0.2) is 0 Å². The second-order valence-electron chi connectivity index (χ2n) is 7.06. The highest BCUT2D eigenvalue weighted by Gasteiger charge is 2.31. The van der Waals surface area contributed by atoms with E-state index in [1.54, 1.807) is 37.3 Å². The zero-order valence-corrected chi connectivity index (χ0v) is 19.2. The van der Waals surface area contributed by atoms with Crippen LogP contribution in [0.15, 0.2) is 60.0 Å². The van der Waals surface area contributed by atoms with E-state index in [1.807, 2.05) is 6.26 Å². The number of halogens is 3. The Morgan fingerprint density at radius 2 is 1.81 bits per heavy atom. The lowest BCUT2D eigenvalue weighted by Gasteiger charge is -2.21. The molecule has 0 aliphatic heterocycles. The van der Waals surface area contributed by atoms with Crippen LogP contribution in [0.4, 0.5) is 13.2 Å². The molecule has 2 aromatic carbocycles. The largest absolute Gasteiger partial charge is 0.416 e. The molecule has 0 aliphatic carbocycles. The van der Waals surface area contributed by atoms with Crippen LogP contribution in [-0.2, 0) is 21.0 Å². The first-order valence-electron chi connectivity index (χ1n) is 9.74. The van der Waals surface area contributed by atoms with Crippen molar-refractivity contribution in [1.29, 1.82) is 0 Å². The van der Waals surface area contributed by atoms with E-state index < -0.39 is 39.8 Å². The maximum atomic E-state index is 13.0. The van der Waals surface area contributed by atoms with E-state index >= 15 is 0 Å². The Morgan fingerprint density at radius 1 is 1.12 bits per heavy atom. The third kappa shape index (κ3) is 8.33. The lowest BCUT2D eigenvalue weighted by Crippen LogP contribution is -2.47. The van der Waals surface area contributed by atoms with Gasteiger partial charge in [-0.25, -0.2) is 8.42 Å². The first kappa shape index (κ1) is 26.0. The number of rotatable bonds is 10. The van der Waals surface area contributed by atoms with Crippen LogP contribution in [0.1, 0.15) is 36.1 Å². The van der Waals surface area contributed by atoms with E-state index in [0.29, 0.717) is 11.3 Å². The van der Waals surface area contributed by atoms with E-state index in [2.05, 4.69) is 10.0 Å². The second kappa shape index (κ2) is 11.5. The Bertz CT molecular complexity index is 1030. The molecule has 2 aromatic rings. The minimum atomic E-state index is -4.50. The molecule has 2 atom stereocenters. The molecule has 0 spiro atoms. The summed E-state index contributed by atoms with van der Waals surface area (Å²) < 4.78 is 66.2. The van der Waals surface area contributed by atoms with E-state index in [4.69, 9.17) is 0 Å². The van der Waals surface area contributed by atoms with Crippen LogP contribution in [0.3, 0.4) is 0 Å². The predicted molar refractivity (Wildman–Crippen MR) is 122 cm³/mol. The number of thioether (sulfide) groups is 1. The van der Waals surface area contributed by atoms with Crippen molar-refractivity contribution in [3.8, 4) is 0 Å². The van der Waals surface area contributed by atoms with Crippen LogP contribution in [0.25, 0.3) is 6.08 Å². The van der Waals surface area contributed by atoms with Gasteiger partial charge in [0.25, 0.3) is 0 Å². The molecule has 0 heterocycles. The normalized spacial score (nSPS) is 14.3. The molecule has 0 fully saturated rings. The fourth-order valence-electron chi connectivity index (χ4n) is 2.83. The summed E-state index contributed by atoms with van der Waals surface area (Å²) in [7, 11) is -3.93. The molecule has 0 saturated carbocycles. The third-order valence-electron chi connectivity index (χ3n) is 4.55. The van der Waals surface area contributed by atoms with Crippen molar-refractivity contribution in [3.63, 3.8) is 0 Å². The minimum absolute atomic E-state index is 0.223. The SMILES string of the molecule is CSCCC(NS(=O)(=O)C=Cc1ccccc1)C(=O)NC(C)c1cccc(C(F)(F)F)c1. The minimum Gasteiger partial charge on any atom is -0.348 e. The molecule has 1 amide bonds. The summed E-state index contributed by atoms with van der Waals surface area (Å²) in [5, 5.41) is 3.60. The number of hydrogen-bond donors (Lipinski definition) is 2. The maximum absolute atomic E-state index is 13.0. The van der Waals surface area contributed by atoms with Gasteiger partial charge in [-0.2, -0.15) is 29.7 Å². The van der Waals surface area contributed by atoms with E-state index in [-0.39, 0.29) is 12.0 Å². The number of carbonyl (C=O) groups excluding carboxylic acids is 1. The fourth-order valence-corrected chi connectivity index (χ4v) is 4.34. The average molecular weight is 487 g/mol. The molecule has 2 unspecified atom stereocenters. The number of benzene rings is 2. The monoisotopic (exact) mass is 486 g/mol. The number of sulfonamides is 1. The van der Waals surface area contributed by atoms with Crippen molar-refractivity contribution in [2.75, 3.05) is 12.0 Å². The molecule has 174 valence electrons. The first-order valence-corrected chi connectivity index (χ1v) is 12.7. The number of hydrogen-bond acceptors (Lipinski definition) is 4. The van der Waals surface area contributed by atoms with Crippen molar-refractivity contribution in [1.82, 2.24) is 10.0 Å². The first-order chi connectivity index (χ1) is 15.0. The Balaban J connectivity index is 2.12. The molecule has 0 saturated heterocycles. The van der Waals surface area contributed by atoms with Gasteiger partial charge in [-0.05, 0) is 54.7 Å². The van der Waals surface area contributed by atoms with Gasteiger partial charge in [-0.15, -0.1) is 0 Å². The van der Waals surface area contributed by atoms with E-state index in [9.17, 15) is 26.4 Å². The summed E-state index contributed by atoms with van der Waals surface area (Å²) in [6.07, 6.45) is -1.04. The Morgan fingerprint density at radius 3 is 2.44 bits per heavy atom. The standard InChI is InChI=1S/C22H25F3N2O3S2/c1-16(18-9-6-10-19(15-18)22(23,24)25)26-21(28)20(11-13-31-2)27-32(29,30)14-12-17-7-4-3-5-8-17/h3-10,12,14-16,20,27H,11,13H2,1-2H3,(H,26,28). The van der Waals surface area contributed by atoms with Crippen LogP contribution in [-0.4, -0.2) is 32.4 Å². The summed E-state index contributed by atoms with van der Waals surface area (Å²) in [5.74, 6) is -0.0957. The van der Waals surface area contributed by atoms with Crippen molar-refractivity contribution in [2.45, 2.75) is 31.6 Å². The summed E-state index contributed by atoms with van der Waals surface area (Å²) in [5.41, 5.74) is 0.131. The summed E-state index contributed by atoms with van der Waals surface area (Å²) in [6, 6.07) is 11.7. The molecule has 0 aliphatic rings. The Kier molecular flexibility index (Phi) is 9.35. The van der Waals surface area contributed by atoms with Crippen molar-refractivity contribution in [2.24, 2.45) is 0 Å². The summed E-state index contributed by atoms with van der Waals surface area (Å²) in [4.78, 5) is 12.8. The highest BCUT2D eigenvalue weighted by atomic mass is 32.2. The van der Waals surface area contributed by atoms with Crippen molar-refractivity contribution < 1.29 is 26.4 Å². The second-order valence-corrected chi connectivity index (χ2v) is 9.65. The predicted octanol–water partition coefficient (Wildman–Crippen LogP) is 4.59. The molecular formula is C22H25F3N2O3S2. The molecule has 32 heavy (non-hydrogen) atoms. The molecule has 0 bridgehead atoms. The van der Waals surface area contributed by atoms with Crippen LogP contribution < -0.4 is 10.0 Å². The van der Waals surface area contributed by atoms with E-state index in [1.165, 1.54) is 30.0 Å². The fraction of sp³-hybridized carbons (Fsp3) is 0.318. The lowest BCUT2D eigenvalue weighted by atomic mass is 10.0. The molecule has 2 N–H and O–H groups in total. The van der Waals surface area contributed by atoms with Crippen LogP contribution in [0.2, 0.25) is 0 Å². The van der Waals surface area contributed by atoms with Crippen molar-refractivity contribution >= 4 is 33.8 Å². The van der Waals surface area contributed by atoms with Gasteiger partial charge in [-0.1, -0.05) is 42.5 Å². The van der Waals surface area contributed by atoms with Gasteiger partial charge >= 0.3 is 6.18 Å². The van der Waals surface area contributed by atoms with Gasteiger partial charge < -0.3 is 5.32 Å². The van der Waals surface area contributed by atoms with Gasteiger partial charge in [0, 0.05) is 5.41 Å². The zero-order chi connectivity index (χ0) is 23.8. The Labute approximate surface area is 190 Å². The van der Waals surface area contributed by atoms with Crippen LogP contribution >= 0.6 is 11.8 Å². The maximum Gasteiger partial charge on any atom is 0.416 e. The number of nitrogens with one attached hydrogen (secondary N) is 2. The number of amides is 1. The van der Waals surface area contributed by atoms with Crippen molar-refractivity contribution in [3.05, 3.63) is 76.7 Å². The smallest absolute Gasteiger partial charge is 0.348 e. The van der Waals surface area contributed by atoms with Crippen LogP contribution in [0, 0.1) is 0 Å². The summed E-state index contributed by atoms with van der Waals surface area (Å²) in [6.45, 7) is 1.54. The third-order valence-corrected chi connectivity index (χ3v) is 6.30. The number of alkyl halides is 3.